The van der Waals surface area contributed by atoms with Crippen molar-refractivity contribution < 1.29 is 19.4 Å². The van der Waals surface area contributed by atoms with Gasteiger partial charge in [-0.05, 0) is 18.6 Å². The average Bonchev–Trinajstić information content (AvgIpc) is 2.81. The van der Waals surface area contributed by atoms with E-state index in [2.05, 4.69) is 11.9 Å². The van der Waals surface area contributed by atoms with Gasteiger partial charge in [0.2, 0.25) is 5.91 Å². The van der Waals surface area contributed by atoms with Gasteiger partial charge in [-0.15, -0.1) is 6.58 Å². The molecule has 1 aromatic heterocycles. The van der Waals surface area contributed by atoms with E-state index < -0.39 is 5.97 Å². The number of hydrogen-bond acceptors (Lipinski definition) is 3. The molecule has 0 radical (unpaired) electrons. The summed E-state index contributed by atoms with van der Waals surface area (Å²) in [7, 11) is 0. The van der Waals surface area contributed by atoms with Crippen molar-refractivity contribution in [2.24, 2.45) is 0 Å². The minimum Gasteiger partial charge on any atom is -0.477 e. The van der Waals surface area contributed by atoms with E-state index in [1.807, 2.05) is 0 Å². The fraction of sp³-hybridized carbons (Fsp3) is 0.385. The van der Waals surface area contributed by atoms with Crippen LogP contribution in [-0.4, -0.2) is 41.3 Å². The highest BCUT2D eigenvalue weighted by Gasteiger charge is 2.10. The lowest BCUT2D eigenvalue weighted by Gasteiger charge is -2.08. The van der Waals surface area contributed by atoms with Crippen molar-refractivity contribution in [2.45, 2.75) is 13.0 Å². The molecule has 0 aliphatic heterocycles. The van der Waals surface area contributed by atoms with Crippen molar-refractivity contribution in [1.82, 2.24) is 9.88 Å². The predicted octanol–water partition coefficient (Wildman–Crippen LogP) is 0.895. The van der Waals surface area contributed by atoms with Crippen LogP contribution in [0.3, 0.4) is 0 Å². The van der Waals surface area contributed by atoms with Gasteiger partial charge in [0.25, 0.3) is 0 Å². The van der Waals surface area contributed by atoms with Crippen LogP contribution >= 0.6 is 0 Å². The van der Waals surface area contributed by atoms with Crippen molar-refractivity contribution in [1.29, 1.82) is 0 Å². The molecule has 0 unspecified atom stereocenters. The Morgan fingerprint density at radius 2 is 2.26 bits per heavy atom. The average molecular weight is 266 g/mol. The normalized spacial score (nSPS) is 10.1. The van der Waals surface area contributed by atoms with Crippen molar-refractivity contribution >= 4 is 11.9 Å². The molecule has 0 aliphatic carbocycles. The Hall–Kier alpha value is -2.08. The summed E-state index contributed by atoms with van der Waals surface area (Å²) in [6.45, 7) is 4.97. The largest absolute Gasteiger partial charge is 0.477 e. The lowest BCUT2D eigenvalue weighted by Crippen LogP contribution is -2.31. The van der Waals surface area contributed by atoms with Crippen molar-refractivity contribution in [3.8, 4) is 0 Å². The number of amides is 1. The number of ether oxygens (including phenoxy) is 1. The zero-order chi connectivity index (χ0) is 14.1. The molecule has 104 valence electrons. The minimum atomic E-state index is -1.05. The molecular weight excluding hydrogens is 248 g/mol. The molecule has 0 spiro atoms. The van der Waals surface area contributed by atoms with Gasteiger partial charge < -0.3 is 19.7 Å². The summed E-state index contributed by atoms with van der Waals surface area (Å²) in [5, 5.41) is 11.5. The number of carbonyl (C=O) groups excluding carboxylic acids is 1. The standard InChI is InChI=1S/C13H18N2O4/c1-2-3-8-19-9-6-14-12(16)10-15-7-4-5-11(15)13(17)18/h2,4-5,7H,1,3,6,8-10H2,(H,14,16)(H,17,18). The van der Waals surface area contributed by atoms with Gasteiger partial charge in [0.15, 0.2) is 0 Å². The van der Waals surface area contributed by atoms with E-state index in [1.54, 1.807) is 18.3 Å². The molecule has 0 aliphatic rings. The first kappa shape index (κ1) is 15.0. The third-order valence-electron chi connectivity index (χ3n) is 2.40. The Labute approximate surface area is 111 Å². The summed E-state index contributed by atoms with van der Waals surface area (Å²) in [6, 6.07) is 3.04. The highest BCUT2D eigenvalue weighted by molar-refractivity contribution is 5.86. The Kier molecular flexibility index (Phi) is 6.38. The van der Waals surface area contributed by atoms with Gasteiger partial charge in [0, 0.05) is 12.7 Å². The molecule has 1 amide bonds. The fourth-order valence-electron chi connectivity index (χ4n) is 1.49. The number of carboxylic acids is 1. The van der Waals surface area contributed by atoms with Gasteiger partial charge in [-0.2, -0.15) is 0 Å². The SMILES string of the molecule is C=CCCOCCNC(=O)Cn1cccc1C(=O)O. The Bertz CT molecular complexity index is 440. The first-order valence-electron chi connectivity index (χ1n) is 5.99. The number of nitrogens with zero attached hydrogens (tertiary/aromatic N) is 1. The molecule has 2 N–H and O–H groups in total. The topological polar surface area (TPSA) is 80.6 Å². The Morgan fingerprint density at radius 3 is 2.95 bits per heavy atom. The van der Waals surface area contributed by atoms with Crippen molar-refractivity contribution in [2.75, 3.05) is 19.8 Å². The fourth-order valence-corrected chi connectivity index (χ4v) is 1.49. The predicted molar refractivity (Wildman–Crippen MR) is 70.0 cm³/mol. The maximum atomic E-state index is 11.6. The van der Waals surface area contributed by atoms with Crippen LogP contribution < -0.4 is 5.32 Å². The molecule has 0 saturated carbocycles. The van der Waals surface area contributed by atoms with Crippen LogP contribution in [-0.2, 0) is 16.1 Å². The summed E-state index contributed by atoms with van der Waals surface area (Å²) in [5.41, 5.74) is 0.0948. The van der Waals surface area contributed by atoms with E-state index in [9.17, 15) is 9.59 Å². The van der Waals surface area contributed by atoms with E-state index in [-0.39, 0.29) is 18.1 Å². The third-order valence-corrected chi connectivity index (χ3v) is 2.40. The second kappa shape index (κ2) is 8.10. The first-order valence-corrected chi connectivity index (χ1v) is 5.99. The zero-order valence-electron chi connectivity index (χ0n) is 10.7. The second-order valence-electron chi connectivity index (χ2n) is 3.87. The van der Waals surface area contributed by atoms with Gasteiger partial charge in [-0.1, -0.05) is 6.08 Å². The second-order valence-corrected chi connectivity index (χ2v) is 3.87. The molecule has 0 bridgehead atoms. The molecule has 19 heavy (non-hydrogen) atoms. The van der Waals surface area contributed by atoms with Crippen LogP contribution in [0.4, 0.5) is 0 Å². The molecule has 0 saturated heterocycles. The highest BCUT2D eigenvalue weighted by Crippen LogP contribution is 2.01. The maximum Gasteiger partial charge on any atom is 0.352 e. The number of aromatic nitrogens is 1. The van der Waals surface area contributed by atoms with Gasteiger partial charge in [0.05, 0.1) is 13.2 Å². The molecule has 6 nitrogen and oxygen atoms in total. The highest BCUT2D eigenvalue weighted by atomic mass is 16.5. The van der Waals surface area contributed by atoms with Gasteiger partial charge in [0.1, 0.15) is 12.2 Å². The summed E-state index contributed by atoms with van der Waals surface area (Å²) in [4.78, 5) is 22.4. The number of nitrogens with one attached hydrogen (secondary N) is 1. The summed E-state index contributed by atoms with van der Waals surface area (Å²) in [5.74, 6) is -1.29. The van der Waals surface area contributed by atoms with Crippen LogP contribution in [0, 0.1) is 0 Å². The van der Waals surface area contributed by atoms with E-state index in [0.29, 0.717) is 19.8 Å². The van der Waals surface area contributed by atoms with E-state index >= 15 is 0 Å². The minimum absolute atomic E-state index is 0.0126. The summed E-state index contributed by atoms with van der Waals surface area (Å²) < 4.78 is 6.62. The lowest BCUT2D eigenvalue weighted by molar-refractivity contribution is -0.121. The molecule has 1 aromatic rings. The summed E-state index contributed by atoms with van der Waals surface area (Å²) >= 11 is 0. The number of carboxylic acid groups (broad SMARTS) is 1. The van der Waals surface area contributed by atoms with Crippen LogP contribution in [0.1, 0.15) is 16.9 Å². The smallest absolute Gasteiger partial charge is 0.352 e. The lowest BCUT2D eigenvalue weighted by atomic mass is 10.4. The zero-order valence-corrected chi connectivity index (χ0v) is 10.7. The molecule has 0 atom stereocenters. The van der Waals surface area contributed by atoms with Crippen LogP contribution in [0.15, 0.2) is 31.0 Å². The van der Waals surface area contributed by atoms with Crippen LogP contribution in [0.5, 0.6) is 0 Å². The van der Waals surface area contributed by atoms with E-state index in [0.717, 1.165) is 6.42 Å². The number of aromatic carboxylic acids is 1. The van der Waals surface area contributed by atoms with Crippen molar-refractivity contribution in [3.05, 3.63) is 36.7 Å². The quantitative estimate of drug-likeness (QED) is 0.514. The number of hydrogen-bond donors (Lipinski definition) is 2. The molecular formula is C13H18N2O4. The molecule has 1 rings (SSSR count). The van der Waals surface area contributed by atoms with Crippen molar-refractivity contribution in [3.63, 3.8) is 0 Å². The first-order chi connectivity index (χ1) is 9.15. The number of carbonyl (C=O) groups is 2. The molecule has 6 heteroatoms. The van der Waals surface area contributed by atoms with Gasteiger partial charge >= 0.3 is 5.97 Å². The third kappa shape index (κ3) is 5.39. The molecule has 0 aromatic carbocycles. The van der Waals surface area contributed by atoms with Crippen LogP contribution in [0.2, 0.25) is 0 Å². The van der Waals surface area contributed by atoms with Gasteiger partial charge in [-0.25, -0.2) is 4.79 Å². The monoisotopic (exact) mass is 266 g/mol. The Morgan fingerprint density at radius 1 is 1.47 bits per heavy atom. The van der Waals surface area contributed by atoms with E-state index in [4.69, 9.17) is 9.84 Å². The Balaban J connectivity index is 2.25. The van der Waals surface area contributed by atoms with Gasteiger partial charge in [-0.3, -0.25) is 4.79 Å². The maximum absolute atomic E-state index is 11.6. The number of rotatable bonds is 9. The van der Waals surface area contributed by atoms with Crippen LogP contribution in [0.25, 0.3) is 0 Å². The molecule has 1 heterocycles. The summed E-state index contributed by atoms with van der Waals surface area (Å²) in [6.07, 6.45) is 4.10. The molecule has 0 fully saturated rings. The van der Waals surface area contributed by atoms with E-state index in [1.165, 1.54) is 10.6 Å².